The maximum absolute atomic E-state index is 13.1. The van der Waals surface area contributed by atoms with E-state index in [-0.39, 0.29) is 11.7 Å². The largest absolute Gasteiger partial charge is 0.370 e. The summed E-state index contributed by atoms with van der Waals surface area (Å²) >= 11 is 0. The number of aliphatic imine (C=N–C) groups is 1. The Morgan fingerprint density at radius 2 is 1.57 bits per heavy atom. The fourth-order valence-electron chi connectivity index (χ4n) is 4.04. The zero-order chi connectivity index (χ0) is 20.9. The Balaban J connectivity index is 1.18. The maximum Gasteiger partial charge on any atom is 0.223 e. The molecule has 0 aromatic heterocycles. The highest BCUT2D eigenvalue weighted by molar-refractivity contribution is 5.79. The number of nitrogens with zero attached hydrogens (tertiary/aromatic N) is 4. The minimum absolute atomic E-state index is 0.174. The summed E-state index contributed by atoms with van der Waals surface area (Å²) in [4.78, 5) is 23.1. The SMILES string of the molecule is NC(=NCCCC(=O)N1Cc2ccccc2C1)N1CCN(c2ccc(F)cc2)CC1. The number of rotatable bonds is 5. The summed E-state index contributed by atoms with van der Waals surface area (Å²) < 4.78 is 13.1. The van der Waals surface area contributed by atoms with Crippen LogP contribution in [0.2, 0.25) is 0 Å². The van der Waals surface area contributed by atoms with Crippen LogP contribution in [0.1, 0.15) is 24.0 Å². The van der Waals surface area contributed by atoms with Crippen LogP contribution in [0, 0.1) is 5.82 Å². The number of hydrogen-bond acceptors (Lipinski definition) is 3. The Morgan fingerprint density at radius 3 is 2.20 bits per heavy atom. The molecule has 4 rings (SSSR count). The van der Waals surface area contributed by atoms with Gasteiger partial charge in [0.25, 0.3) is 0 Å². The molecule has 0 atom stereocenters. The molecule has 1 amide bonds. The van der Waals surface area contributed by atoms with Gasteiger partial charge in [-0.1, -0.05) is 24.3 Å². The van der Waals surface area contributed by atoms with E-state index in [0.717, 1.165) is 31.9 Å². The highest BCUT2D eigenvalue weighted by Crippen LogP contribution is 2.23. The van der Waals surface area contributed by atoms with Crippen molar-refractivity contribution in [3.63, 3.8) is 0 Å². The Labute approximate surface area is 176 Å². The van der Waals surface area contributed by atoms with E-state index < -0.39 is 0 Å². The van der Waals surface area contributed by atoms with Gasteiger partial charge in [-0.3, -0.25) is 9.79 Å². The molecule has 0 unspecified atom stereocenters. The molecule has 0 radical (unpaired) electrons. The fourth-order valence-corrected chi connectivity index (χ4v) is 4.04. The topological polar surface area (TPSA) is 65.2 Å². The van der Waals surface area contributed by atoms with Crippen molar-refractivity contribution < 1.29 is 9.18 Å². The number of halogens is 1. The van der Waals surface area contributed by atoms with Crippen LogP contribution in [0.5, 0.6) is 0 Å². The summed E-state index contributed by atoms with van der Waals surface area (Å²) in [6, 6.07) is 14.8. The van der Waals surface area contributed by atoms with Crippen LogP contribution >= 0.6 is 0 Å². The number of fused-ring (bicyclic) bond motifs is 1. The predicted molar refractivity (Wildman–Crippen MR) is 117 cm³/mol. The second kappa shape index (κ2) is 9.15. The predicted octanol–water partition coefficient (Wildman–Crippen LogP) is 2.58. The van der Waals surface area contributed by atoms with Crippen LogP contribution in [0.15, 0.2) is 53.5 Å². The number of anilines is 1. The Hall–Kier alpha value is -3.09. The first kappa shape index (κ1) is 20.2. The average Bonchev–Trinajstić information content (AvgIpc) is 3.21. The van der Waals surface area contributed by atoms with Crippen LogP contribution < -0.4 is 10.6 Å². The van der Waals surface area contributed by atoms with Crippen LogP contribution in [0.25, 0.3) is 0 Å². The molecule has 6 nitrogen and oxygen atoms in total. The minimum atomic E-state index is -0.221. The lowest BCUT2D eigenvalue weighted by Crippen LogP contribution is -2.51. The first-order valence-electron chi connectivity index (χ1n) is 10.5. The maximum atomic E-state index is 13.1. The van der Waals surface area contributed by atoms with Crippen molar-refractivity contribution >= 4 is 17.6 Å². The molecule has 30 heavy (non-hydrogen) atoms. The highest BCUT2D eigenvalue weighted by atomic mass is 19.1. The van der Waals surface area contributed by atoms with E-state index in [0.29, 0.717) is 38.4 Å². The smallest absolute Gasteiger partial charge is 0.223 e. The molecule has 2 aliphatic heterocycles. The molecule has 0 aliphatic carbocycles. The molecule has 2 aromatic carbocycles. The summed E-state index contributed by atoms with van der Waals surface area (Å²) in [6.07, 6.45) is 1.19. The first-order chi connectivity index (χ1) is 14.6. The van der Waals surface area contributed by atoms with Crippen LogP contribution in [-0.4, -0.2) is 54.4 Å². The van der Waals surface area contributed by atoms with Crippen molar-refractivity contribution in [2.45, 2.75) is 25.9 Å². The van der Waals surface area contributed by atoms with Crippen molar-refractivity contribution in [2.24, 2.45) is 10.7 Å². The number of amides is 1. The molecule has 7 heteroatoms. The second-order valence-corrected chi connectivity index (χ2v) is 7.81. The van der Waals surface area contributed by atoms with Crippen molar-refractivity contribution in [1.29, 1.82) is 0 Å². The lowest BCUT2D eigenvalue weighted by molar-refractivity contribution is -0.131. The fraction of sp³-hybridized carbons (Fsp3) is 0.391. The van der Waals surface area contributed by atoms with Crippen LogP contribution in [-0.2, 0) is 17.9 Å². The van der Waals surface area contributed by atoms with E-state index >= 15 is 0 Å². The number of nitrogens with two attached hydrogens (primary N) is 1. The number of piperazine rings is 1. The molecule has 0 spiro atoms. The third kappa shape index (κ3) is 4.72. The van der Waals surface area contributed by atoms with Crippen molar-refractivity contribution in [1.82, 2.24) is 9.80 Å². The van der Waals surface area contributed by atoms with Gasteiger partial charge in [0.2, 0.25) is 5.91 Å². The third-order valence-electron chi connectivity index (χ3n) is 5.81. The van der Waals surface area contributed by atoms with Crippen LogP contribution in [0.3, 0.4) is 0 Å². The molecular formula is C23H28FN5O. The van der Waals surface area contributed by atoms with E-state index in [4.69, 9.17) is 5.73 Å². The standard InChI is InChI=1S/C23H28FN5O/c24-20-7-9-21(10-8-20)27-12-14-28(15-13-27)23(25)26-11-3-6-22(30)29-16-18-4-1-2-5-19(18)17-29/h1-2,4-5,7-10H,3,6,11-17H2,(H2,25,26). The molecule has 158 valence electrons. The van der Waals surface area contributed by atoms with Crippen LogP contribution in [0.4, 0.5) is 10.1 Å². The number of benzene rings is 2. The molecule has 1 saturated heterocycles. The Morgan fingerprint density at radius 1 is 0.933 bits per heavy atom. The lowest BCUT2D eigenvalue weighted by atomic mass is 10.1. The Kier molecular flexibility index (Phi) is 6.16. The molecule has 2 aromatic rings. The van der Waals surface area contributed by atoms with E-state index in [1.807, 2.05) is 17.0 Å². The summed E-state index contributed by atoms with van der Waals surface area (Å²) in [7, 11) is 0. The normalized spacial score (nSPS) is 16.7. The van der Waals surface area contributed by atoms with Crippen molar-refractivity contribution in [2.75, 3.05) is 37.6 Å². The highest BCUT2D eigenvalue weighted by Gasteiger charge is 2.22. The number of guanidine groups is 1. The quantitative estimate of drug-likeness (QED) is 0.468. The summed E-state index contributed by atoms with van der Waals surface area (Å²) in [6.45, 7) is 5.15. The van der Waals surface area contributed by atoms with Gasteiger partial charge in [0.1, 0.15) is 5.82 Å². The molecule has 1 fully saturated rings. The van der Waals surface area contributed by atoms with Gasteiger partial charge in [-0.05, 0) is 41.8 Å². The zero-order valence-corrected chi connectivity index (χ0v) is 17.1. The van der Waals surface area contributed by atoms with E-state index in [9.17, 15) is 9.18 Å². The van der Waals surface area contributed by atoms with Crippen molar-refractivity contribution in [3.8, 4) is 0 Å². The van der Waals surface area contributed by atoms with Gasteiger partial charge >= 0.3 is 0 Å². The molecule has 2 aliphatic rings. The summed E-state index contributed by atoms with van der Waals surface area (Å²) in [5, 5.41) is 0. The van der Waals surface area contributed by atoms with Crippen molar-refractivity contribution in [3.05, 3.63) is 65.5 Å². The van der Waals surface area contributed by atoms with Gasteiger partial charge in [0, 0.05) is 57.9 Å². The van der Waals surface area contributed by atoms with Gasteiger partial charge in [0.15, 0.2) is 5.96 Å². The number of carbonyl (C=O) groups excluding carboxylic acids is 1. The zero-order valence-electron chi connectivity index (χ0n) is 17.1. The monoisotopic (exact) mass is 409 g/mol. The molecule has 0 saturated carbocycles. The summed E-state index contributed by atoms with van der Waals surface area (Å²) in [5.74, 6) is 0.490. The van der Waals surface area contributed by atoms with Gasteiger partial charge < -0.3 is 20.4 Å². The lowest BCUT2D eigenvalue weighted by Gasteiger charge is -2.36. The molecule has 2 N–H and O–H groups in total. The summed E-state index contributed by atoms with van der Waals surface area (Å²) in [5.41, 5.74) is 9.67. The average molecular weight is 410 g/mol. The number of hydrogen-bond donors (Lipinski definition) is 1. The third-order valence-corrected chi connectivity index (χ3v) is 5.81. The first-order valence-corrected chi connectivity index (χ1v) is 10.5. The van der Waals surface area contributed by atoms with Gasteiger partial charge in [-0.2, -0.15) is 0 Å². The van der Waals surface area contributed by atoms with E-state index in [2.05, 4.69) is 26.9 Å². The molecule has 2 heterocycles. The molecular weight excluding hydrogens is 381 g/mol. The molecule has 0 bridgehead atoms. The van der Waals surface area contributed by atoms with Gasteiger partial charge in [0.05, 0.1) is 0 Å². The minimum Gasteiger partial charge on any atom is -0.370 e. The van der Waals surface area contributed by atoms with Gasteiger partial charge in [-0.25, -0.2) is 4.39 Å². The number of carbonyl (C=O) groups is 1. The van der Waals surface area contributed by atoms with Gasteiger partial charge in [-0.15, -0.1) is 0 Å². The Bertz CT molecular complexity index is 881. The van der Waals surface area contributed by atoms with E-state index in [1.54, 1.807) is 12.1 Å². The second-order valence-electron chi connectivity index (χ2n) is 7.81. The van der Waals surface area contributed by atoms with E-state index in [1.165, 1.54) is 23.3 Å².